The van der Waals surface area contributed by atoms with Crippen LogP contribution >= 0.6 is 0 Å². The van der Waals surface area contributed by atoms with Gasteiger partial charge in [-0.3, -0.25) is 0 Å². The van der Waals surface area contributed by atoms with E-state index in [1.165, 1.54) is 18.6 Å². The summed E-state index contributed by atoms with van der Waals surface area (Å²) in [6, 6.07) is 5.56. The third-order valence-corrected chi connectivity index (χ3v) is 3.85. The van der Waals surface area contributed by atoms with Gasteiger partial charge in [0.25, 0.3) is 0 Å². The second kappa shape index (κ2) is 6.59. The molecule has 2 rings (SSSR count). The Balaban J connectivity index is 2.18. The molecule has 5 heteroatoms. The minimum atomic E-state index is -4.37. The number of hydrogen-bond acceptors (Lipinski definition) is 2. The predicted octanol–water partition coefficient (Wildman–Crippen LogP) is 3.27. The Labute approximate surface area is 117 Å². The molecule has 1 aromatic carbocycles. The van der Waals surface area contributed by atoms with Crippen LogP contribution in [-0.4, -0.2) is 36.2 Å². The first-order chi connectivity index (χ1) is 9.52. The first-order valence-corrected chi connectivity index (χ1v) is 7.01. The zero-order valence-electron chi connectivity index (χ0n) is 11.4. The summed E-state index contributed by atoms with van der Waals surface area (Å²) < 4.78 is 39.1. The van der Waals surface area contributed by atoms with Crippen LogP contribution in [0.3, 0.4) is 0 Å². The van der Waals surface area contributed by atoms with Crippen LogP contribution < -0.4 is 0 Å². The summed E-state index contributed by atoms with van der Waals surface area (Å²) in [5.74, 6) is -0.481. The summed E-state index contributed by atoms with van der Waals surface area (Å²) in [6.07, 6.45) is -1.02. The predicted molar refractivity (Wildman–Crippen MR) is 71.6 cm³/mol. The lowest BCUT2D eigenvalue weighted by molar-refractivity contribution is -0.138. The molecule has 0 spiro atoms. The number of halogens is 3. The molecule has 1 unspecified atom stereocenters. The van der Waals surface area contributed by atoms with Crippen molar-refractivity contribution < 1.29 is 18.3 Å². The first-order valence-electron chi connectivity index (χ1n) is 7.01. The van der Waals surface area contributed by atoms with Crippen molar-refractivity contribution in [3.63, 3.8) is 0 Å². The Kier molecular flexibility index (Phi) is 5.05. The van der Waals surface area contributed by atoms with Gasteiger partial charge in [0.2, 0.25) is 0 Å². The standard InChI is InChI=1S/C15H20F3NO/c16-15(17,18)14-7-3-2-6-13(14)12(11-20)10-19-8-4-1-5-9-19/h2-3,6-7,12,20H,1,4-5,8-11H2. The third-order valence-electron chi connectivity index (χ3n) is 3.85. The van der Waals surface area contributed by atoms with Gasteiger partial charge in [0.05, 0.1) is 12.2 Å². The molecule has 0 amide bonds. The topological polar surface area (TPSA) is 23.5 Å². The molecule has 1 saturated heterocycles. The summed E-state index contributed by atoms with van der Waals surface area (Å²) in [6.45, 7) is 2.04. The van der Waals surface area contributed by atoms with Crippen molar-refractivity contribution in [1.29, 1.82) is 0 Å². The van der Waals surface area contributed by atoms with Gasteiger partial charge in [-0.1, -0.05) is 24.6 Å². The van der Waals surface area contributed by atoms with Crippen LogP contribution in [0.15, 0.2) is 24.3 Å². The first kappa shape index (κ1) is 15.3. The highest BCUT2D eigenvalue weighted by atomic mass is 19.4. The molecule has 0 aliphatic carbocycles. The molecule has 1 aromatic rings. The molecular weight excluding hydrogens is 267 g/mol. The summed E-state index contributed by atoms with van der Waals surface area (Å²) in [7, 11) is 0. The number of likely N-dealkylation sites (tertiary alicyclic amines) is 1. The van der Waals surface area contributed by atoms with Gasteiger partial charge in [-0.15, -0.1) is 0 Å². The van der Waals surface area contributed by atoms with E-state index in [-0.39, 0.29) is 12.2 Å². The van der Waals surface area contributed by atoms with Crippen molar-refractivity contribution in [1.82, 2.24) is 4.90 Å². The van der Waals surface area contributed by atoms with E-state index in [9.17, 15) is 18.3 Å². The maximum atomic E-state index is 13.0. The highest BCUT2D eigenvalue weighted by Gasteiger charge is 2.35. The lowest BCUT2D eigenvalue weighted by Crippen LogP contribution is -2.35. The van der Waals surface area contributed by atoms with Gasteiger partial charge in [0, 0.05) is 12.5 Å². The number of rotatable bonds is 4. The zero-order valence-corrected chi connectivity index (χ0v) is 11.4. The van der Waals surface area contributed by atoms with Gasteiger partial charge in [0.1, 0.15) is 0 Å². The highest BCUT2D eigenvalue weighted by Crippen LogP contribution is 2.35. The molecule has 0 bridgehead atoms. The Morgan fingerprint density at radius 2 is 1.75 bits per heavy atom. The smallest absolute Gasteiger partial charge is 0.396 e. The second-order valence-corrected chi connectivity index (χ2v) is 5.33. The summed E-state index contributed by atoms with van der Waals surface area (Å²) in [5, 5.41) is 9.51. The molecule has 0 aromatic heterocycles. The minimum Gasteiger partial charge on any atom is -0.396 e. The Hall–Kier alpha value is -1.07. The zero-order chi connectivity index (χ0) is 14.6. The van der Waals surface area contributed by atoms with Gasteiger partial charge in [-0.2, -0.15) is 13.2 Å². The molecule has 1 atom stereocenters. The van der Waals surface area contributed by atoms with E-state index in [1.54, 1.807) is 6.07 Å². The molecule has 112 valence electrons. The molecule has 1 N–H and O–H groups in total. The third kappa shape index (κ3) is 3.73. The van der Waals surface area contributed by atoms with Gasteiger partial charge < -0.3 is 10.0 Å². The molecule has 1 heterocycles. The minimum absolute atomic E-state index is 0.202. The van der Waals surface area contributed by atoms with Crippen molar-refractivity contribution in [2.75, 3.05) is 26.2 Å². The fourth-order valence-electron chi connectivity index (χ4n) is 2.82. The van der Waals surface area contributed by atoms with Gasteiger partial charge >= 0.3 is 6.18 Å². The van der Waals surface area contributed by atoms with Crippen LogP contribution in [0.25, 0.3) is 0 Å². The average molecular weight is 287 g/mol. The second-order valence-electron chi connectivity index (χ2n) is 5.33. The molecular formula is C15H20F3NO. The summed E-state index contributed by atoms with van der Waals surface area (Å²) in [5.41, 5.74) is -0.427. The average Bonchev–Trinajstić information content (AvgIpc) is 2.45. The molecule has 2 nitrogen and oxygen atoms in total. The maximum absolute atomic E-state index is 13.0. The lowest BCUT2D eigenvalue weighted by atomic mass is 9.93. The van der Waals surface area contributed by atoms with Crippen LogP contribution in [0.4, 0.5) is 13.2 Å². The van der Waals surface area contributed by atoms with Gasteiger partial charge in [-0.05, 0) is 37.6 Å². The van der Waals surface area contributed by atoms with Crippen LogP contribution in [0.2, 0.25) is 0 Å². The van der Waals surface area contributed by atoms with Crippen molar-refractivity contribution in [2.45, 2.75) is 31.4 Å². The van der Waals surface area contributed by atoms with E-state index in [0.29, 0.717) is 6.54 Å². The van der Waals surface area contributed by atoms with Gasteiger partial charge in [0.15, 0.2) is 0 Å². The number of hydrogen-bond donors (Lipinski definition) is 1. The molecule has 1 fully saturated rings. The molecule has 1 aliphatic heterocycles. The quantitative estimate of drug-likeness (QED) is 0.918. The summed E-state index contributed by atoms with van der Waals surface area (Å²) in [4.78, 5) is 2.15. The van der Waals surface area contributed by atoms with Crippen LogP contribution in [-0.2, 0) is 6.18 Å². The van der Waals surface area contributed by atoms with E-state index in [2.05, 4.69) is 4.90 Å². The summed E-state index contributed by atoms with van der Waals surface area (Å²) >= 11 is 0. The van der Waals surface area contributed by atoms with Crippen molar-refractivity contribution >= 4 is 0 Å². The number of aliphatic hydroxyl groups excluding tert-OH is 1. The molecule has 1 aliphatic rings. The Bertz CT molecular complexity index is 427. The number of nitrogens with zero attached hydrogens (tertiary/aromatic N) is 1. The molecule has 0 saturated carbocycles. The molecule has 0 radical (unpaired) electrons. The monoisotopic (exact) mass is 287 g/mol. The van der Waals surface area contributed by atoms with E-state index < -0.39 is 17.7 Å². The number of benzene rings is 1. The van der Waals surface area contributed by atoms with Crippen LogP contribution in [0.5, 0.6) is 0 Å². The SMILES string of the molecule is OCC(CN1CCCCC1)c1ccccc1C(F)(F)F. The van der Waals surface area contributed by atoms with Crippen LogP contribution in [0.1, 0.15) is 36.3 Å². The Morgan fingerprint density at radius 1 is 1.10 bits per heavy atom. The molecule has 20 heavy (non-hydrogen) atoms. The fraction of sp³-hybridized carbons (Fsp3) is 0.600. The number of piperidine rings is 1. The largest absolute Gasteiger partial charge is 0.416 e. The number of aliphatic hydroxyl groups is 1. The van der Waals surface area contributed by atoms with Crippen molar-refractivity contribution in [3.8, 4) is 0 Å². The fourth-order valence-corrected chi connectivity index (χ4v) is 2.82. The van der Waals surface area contributed by atoms with Crippen LogP contribution in [0, 0.1) is 0 Å². The normalized spacial score (nSPS) is 19.0. The van der Waals surface area contributed by atoms with Crippen molar-refractivity contribution in [3.05, 3.63) is 35.4 Å². The lowest BCUT2D eigenvalue weighted by Gasteiger charge is -2.30. The van der Waals surface area contributed by atoms with E-state index in [0.717, 1.165) is 32.0 Å². The maximum Gasteiger partial charge on any atom is 0.416 e. The van der Waals surface area contributed by atoms with Gasteiger partial charge in [-0.25, -0.2) is 0 Å². The van der Waals surface area contributed by atoms with Crippen molar-refractivity contribution in [2.24, 2.45) is 0 Å². The number of alkyl halides is 3. The Morgan fingerprint density at radius 3 is 2.35 bits per heavy atom. The van der Waals surface area contributed by atoms with E-state index >= 15 is 0 Å². The highest BCUT2D eigenvalue weighted by molar-refractivity contribution is 5.33. The van der Waals surface area contributed by atoms with E-state index in [1.807, 2.05) is 0 Å². The van der Waals surface area contributed by atoms with E-state index in [4.69, 9.17) is 0 Å².